The predicted octanol–water partition coefficient (Wildman–Crippen LogP) is 3.57. The van der Waals surface area contributed by atoms with Gasteiger partial charge in [0.2, 0.25) is 5.91 Å². The van der Waals surface area contributed by atoms with Crippen LogP contribution in [0.4, 0.5) is 16.2 Å². The number of nitrogens with zero attached hydrogens (tertiary/aromatic N) is 2. The molecule has 130 valence electrons. The summed E-state index contributed by atoms with van der Waals surface area (Å²) < 4.78 is 0. The lowest BCUT2D eigenvalue weighted by molar-refractivity contribution is -0.120. The zero-order valence-electron chi connectivity index (χ0n) is 14.8. The molecule has 1 fully saturated rings. The molecule has 3 rings (SSSR count). The van der Waals surface area contributed by atoms with E-state index in [0.29, 0.717) is 13.0 Å². The summed E-state index contributed by atoms with van der Waals surface area (Å²) in [5.41, 5.74) is 3.69. The number of urea groups is 1. The maximum absolute atomic E-state index is 12.7. The smallest absolute Gasteiger partial charge is 0.315 e. The van der Waals surface area contributed by atoms with E-state index in [1.165, 1.54) is 4.90 Å². The minimum atomic E-state index is -0.440. The van der Waals surface area contributed by atoms with Gasteiger partial charge in [-0.1, -0.05) is 36.4 Å². The van der Waals surface area contributed by atoms with Gasteiger partial charge in [0.1, 0.15) is 6.04 Å². The van der Waals surface area contributed by atoms with Crippen LogP contribution < -0.4 is 10.2 Å². The van der Waals surface area contributed by atoms with Crippen LogP contribution in [0.25, 0.3) is 0 Å². The zero-order chi connectivity index (χ0) is 18.0. The lowest BCUT2D eigenvalue weighted by Gasteiger charge is -2.25. The van der Waals surface area contributed by atoms with Gasteiger partial charge in [-0.05, 0) is 43.5 Å². The Bertz CT molecular complexity index is 769. The molecule has 0 unspecified atom stereocenters. The molecular formula is C20H23N3O2. The molecule has 1 aliphatic rings. The molecular weight excluding hydrogens is 314 g/mol. The molecule has 0 saturated carbocycles. The fourth-order valence-corrected chi connectivity index (χ4v) is 3.24. The first-order valence-electron chi connectivity index (χ1n) is 8.45. The number of rotatable bonds is 3. The summed E-state index contributed by atoms with van der Waals surface area (Å²) in [5.74, 6) is -0.0367. The van der Waals surface area contributed by atoms with E-state index in [0.717, 1.165) is 22.5 Å². The molecule has 1 atom stereocenters. The number of carbonyl (C=O) groups excluding carboxylic acids is 2. The van der Waals surface area contributed by atoms with Gasteiger partial charge in [0.25, 0.3) is 0 Å². The second kappa shape index (κ2) is 6.97. The summed E-state index contributed by atoms with van der Waals surface area (Å²) in [7, 11) is 1.68. The van der Waals surface area contributed by atoms with E-state index >= 15 is 0 Å². The van der Waals surface area contributed by atoms with Gasteiger partial charge in [-0.3, -0.25) is 4.79 Å². The number of carbonyl (C=O) groups is 2. The molecule has 2 aromatic rings. The van der Waals surface area contributed by atoms with Crippen molar-refractivity contribution in [2.45, 2.75) is 26.3 Å². The van der Waals surface area contributed by atoms with Crippen LogP contribution in [0.1, 0.15) is 17.5 Å². The van der Waals surface area contributed by atoms with Gasteiger partial charge in [-0.15, -0.1) is 0 Å². The van der Waals surface area contributed by atoms with Crippen LogP contribution in [-0.4, -0.2) is 36.5 Å². The Morgan fingerprint density at radius 3 is 2.36 bits per heavy atom. The number of aryl methyl sites for hydroxylation is 2. The van der Waals surface area contributed by atoms with Crippen molar-refractivity contribution in [1.29, 1.82) is 0 Å². The van der Waals surface area contributed by atoms with Crippen molar-refractivity contribution in [3.05, 3.63) is 59.7 Å². The Kier molecular flexibility index (Phi) is 4.74. The van der Waals surface area contributed by atoms with E-state index in [9.17, 15) is 9.59 Å². The highest BCUT2D eigenvalue weighted by molar-refractivity contribution is 6.02. The van der Waals surface area contributed by atoms with Crippen LogP contribution in [0.5, 0.6) is 0 Å². The molecule has 25 heavy (non-hydrogen) atoms. The number of hydrogen-bond acceptors (Lipinski definition) is 2. The third-order valence-corrected chi connectivity index (χ3v) is 4.75. The first-order valence-corrected chi connectivity index (χ1v) is 8.45. The molecule has 1 aliphatic heterocycles. The summed E-state index contributed by atoms with van der Waals surface area (Å²) in [6.07, 6.45) is 0.629. The van der Waals surface area contributed by atoms with Gasteiger partial charge in [-0.2, -0.15) is 0 Å². The molecule has 5 nitrogen and oxygen atoms in total. The van der Waals surface area contributed by atoms with Crippen molar-refractivity contribution in [1.82, 2.24) is 4.90 Å². The number of likely N-dealkylation sites (N-methyl/N-ethyl adjacent to an activating group) is 1. The van der Waals surface area contributed by atoms with Gasteiger partial charge in [-0.25, -0.2) is 4.79 Å². The minimum absolute atomic E-state index is 0.0367. The quantitative estimate of drug-likeness (QED) is 0.931. The first-order chi connectivity index (χ1) is 12.0. The van der Waals surface area contributed by atoms with Crippen molar-refractivity contribution >= 4 is 23.3 Å². The topological polar surface area (TPSA) is 52.7 Å². The first kappa shape index (κ1) is 17.0. The van der Waals surface area contributed by atoms with Gasteiger partial charge >= 0.3 is 6.03 Å². The summed E-state index contributed by atoms with van der Waals surface area (Å²) in [4.78, 5) is 28.6. The van der Waals surface area contributed by atoms with Crippen LogP contribution in [0.2, 0.25) is 0 Å². The van der Waals surface area contributed by atoms with Crippen molar-refractivity contribution in [3.8, 4) is 0 Å². The predicted molar refractivity (Wildman–Crippen MR) is 99.9 cm³/mol. The zero-order valence-corrected chi connectivity index (χ0v) is 14.8. The van der Waals surface area contributed by atoms with Gasteiger partial charge in [0.15, 0.2) is 0 Å². The molecule has 0 aliphatic carbocycles. The summed E-state index contributed by atoms with van der Waals surface area (Å²) in [6.45, 7) is 4.54. The van der Waals surface area contributed by atoms with E-state index in [4.69, 9.17) is 0 Å². The number of nitrogens with one attached hydrogen (secondary N) is 1. The molecule has 0 aromatic heterocycles. The number of amides is 3. The van der Waals surface area contributed by atoms with Crippen molar-refractivity contribution in [2.75, 3.05) is 23.8 Å². The van der Waals surface area contributed by atoms with Gasteiger partial charge in [0, 0.05) is 25.0 Å². The lowest BCUT2D eigenvalue weighted by atomic mass is 10.1. The van der Waals surface area contributed by atoms with Crippen LogP contribution in [0.15, 0.2) is 48.5 Å². The normalized spacial score (nSPS) is 16.8. The Labute approximate surface area is 148 Å². The van der Waals surface area contributed by atoms with E-state index in [1.54, 1.807) is 11.9 Å². The lowest BCUT2D eigenvalue weighted by Crippen LogP contribution is -2.45. The van der Waals surface area contributed by atoms with Crippen LogP contribution in [-0.2, 0) is 4.79 Å². The molecule has 0 bridgehead atoms. The van der Waals surface area contributed by atoms with Crippen molar-refractivity contribution < 1.29 is 9.59 Å². The monoisotopic (exact) mass is 337 g/mol. The summed E-state index contributed by atoms with van der Waals surface area (Å²) in [5, 5.41) is 2.95. The molecule has 1 saturated heterocycles. The molecule has 0 spiro atoms. The number of anilines is 2. The van der Waals surface area contributed by atoms with E-state index < -0.39 is 6.04 Å². The molecule has 0 radical (unpaired) electrons. The van der Waals surface area contributed by atoms with Crippen molar-refractivity contribution in [3.63, 3.8) is 0 Å². The molecule has 5 heteroatoms. The number of benzene rings is 2. The third-order valence-electron chi connectivity index (χ3n) is 4.75. The van der Waals surface area contributed by atoms with Gasteiger partial charge < -0.3 is 15.1 Å². The van der Waals surface area contributed by atoms with Crippen LogP contribution >= 0.6 is 0 Å². The highest BCUT2D eigenvalue weighted by Crippen LogP contribution is 2.25. The summed E-state index contributed by atoms with van der Waals surface area (Å²) in [6, 6.07) is 14.7. The highest BCUT2D eigenvalue weighted by Gasteiger charge is 2.37. The second-order valence-corrected chi connectivity index (χ2v) is 6.44. The standard InChI is InChI=1S/C20H23N3O2/c1-14-8-7-9-15(2)18(14)21-20(25)22(3)17-12-13-23(19(17)24)16-10-5-4-6-11-16/h4-11,17H,12-13H2,1-3H3,(H,21,25)/t17-/m0/s1. The molecule has 2 aromatic carbocycles. The van der Waals surface area contributed by atoms with Crippen LogP contribution in [0, 0.1) is 13.8 Å². The van der Waals surface area contributed by atoms with Crippen molar-refractivity contribution in [2.24, 2.45) is 0 Å². The Morgan fingerprint density at radius 1 is 1.08 bits per heavy atom. The summed E-state index contributed by atoms with van der Waals surface area (Å²) >= 11 is 0. The fraction of sp³-hybridized carbons (Fsp3) is 0.300. The average Bonchev–Trinajstić information content (AvgIpc) is 2.99. The maximum atomic E-state index is 12.7. The Morgan fingerprint density at radius 2 is 1.72 bits per heavy atom. The SMILES string of the molecule is Cc1cccc(C)c1NC(=O)N(C)[C@H]1CCN(c2ccccc2)C1=O. The van der Waals surface area contributed by atoms with E-state index in [-0.39, 0.29) is 11.9 Å². The molecule has 3 amide bonds. The number of hydrogen-bond donors (Lipinski definition) is 1. The Hall–Kier alpha value is -2.82. The molecule has 1 N–H and O–H groups in total. The van der Waals surface area contributed by atoms with E-state index in [2.05, 4.69) is 5.32 Å². The second-order valence-electron chi connectivity index (χ2n) is 6.44. The third kappa shape index (κ3) is 3.36. The van der Waals surface area contributed by atoms with Gasteiger partial charge in [0.05, 0.1) is 0 Å². The number of para-hydroxylation sites is 2. The Balaban J connectivity index is 1.72. The fourth-order valence-electron chi connectivity index (χ4n) is 3.24. The molecule has 1 heterocycles. The maximum Gasteiger partial charge on any atom is 0.322 e. The largest absolute Gasteiger partial charge is 0.322 e. The van der Waals surface area contributed by atoms with Crippen LogP contribution in [0.3, 0.4) is 0 Å². The minimum Gasteiger partial charge on any atom is -0.315 e. The van der Waals surface area contributed by atoms with E-state index in [1.807, 2.05) is 62.4 Å². The highest BCUT2D eigenvalue weighted by atomic mass is 16.2. The average molecular weight is 337 g/mol.